The maximum atomic E-state index is 12.2. The Morgan fingerprint density at radius 1 is 1.18 bits per heavy atom. The van der Waals surface area contributed by atoms with Crippen LogP contribution >= 0.6 is 11.8 Å². The van der Waals surface area contributed by atoms with Crippen molar-refractivity contribution in [1.82, 2.24) is 14.5 Å². The smallest absolute Gasteiger partial charge is 0.338 e. The topological polar surface area (TPSA) is 100 Å². The zero-order chi connectivity index (χ0) is 23.4. The van der Waals surface area contributed by atoms with Gasteiger partial charge in [0.2, 0.25) is 0 Å². The number of nitrogens with zero attached hydrogens (tertiary/aromatic N) is 4. The SMILES string of the molecule is CCOC(=O)c1ccc2c(c1)nc(SCc1cc(C)ccc1[N+](=O)[O-])n2Cc1ccccn1. The maximum absolute atomic E-state index is 12.2. The number of carbonyl (C=O) groups excluding carboxylic acids is 1. The van der Waals surface area contributed by atoms with E-state index in [0.29, 0.717) is 40.7 Å². The number of nitro groups is 1. The maximum Gasteiger partial charge on any atom is 0.338 e. The van der Waals surface area contributed by atoms with Gasteiger partial charge in [-0.3, -0.25) is 15.1 Å². The van der Waals surface area contributed by atoms with E-state index in [1.54, 1.807) is 31.3 Å². The highest BCUT2D eigenvalue weighted by Crippen LogP contribution is 2.31. The number of rotatable bonds is 8. The number of ether oxygens (including phenoxy) is 1. The van der Waals surface area contributed by atoms with Crippen LogP contribution in [0, 0.1) is 17.0 Å². The fraction of sp³-hybridized carbons (Fsp3) is 0.208. The van der Waals surface area contributed by atoms with Crippen LogP contribution in [-0.4, -0.2) is 32.0 Å². The Hall–Kier alpha value is -3.72. The molecule has 0 N–H and O–H groups in total. The molecule has 2 heterocycles. The molecule has 0 bridgehead atoms. The molecule has 0 amide bonds. The van der Waals surface area contributed by atoms with Crippen LogP contribution in [0.5, 0.6) is 0 Å². The predicted molar refractivity (Wildman–Crippen MR) is 126 cm³/mol. The van der Waals surface area contributed by atoms with Crippen LogP contribution in [0.15, 0.2) is 66.0 Å². The van der Waals surface area contributed by atoms with Crippen molar-refractivity contribution in [2.75, 3.05) is 6.61 Å². The zero-order valence-corrected chi connectivity index (χ0v) is 19.0. The van der Waals surface area contributed by atoms with Gasteiger partial charge in [0.05, 0.1) is 40.4 Å². The van der Waals surface area contributed by atoms with E-state index in [0.717, 1.165) is 16.8 Å². The Kier molecular flexibility index (Phi) is 6.69. The second kappa shape index (κ2) is 9.83. The standard InChI is InChI=1S/C24H22N4O4S/c1-3-32-23(29)17-8-10-22-20(13-17)26-24(27(22)14-19-6-4-5-11-25-19)33-15-18-12-16(2)7-9-21(18)28(30)31/h4-13H,3,14-15H2,1-2H3. The molecule has 0 spiro atoms. The van der Waals surface area contributed by atoms with E-state index in [1.165, 1.54) is 17.8 Å². The van der Waals surface area contributed by atoms with Crippen molar-refractivity contribution < 1.29 is 14.5 Å². The van der Waals surface area contributed by atoms with Crippen LogP contribution in [0.4, 0.5) is 5.69 Å². The number of aryl methyl sites for hydroxylation is 1. The summed E-state index contributed by atoms with van der Waals surface area (Å²) in [6, 6.07) is 16.1. The molecule has 33 heavy (non-hydrogen) atoms. The van der Waals surface area contributed by atoms with Crippen LogP contribution in [0.2, 0.25) is 0 Å². The van der Waals surface area contributed by atoms with Crippen LogP contribution in [0.3, 0.4) is 0 Å². The van der Waals surface area contributed by atoms with Gasteiger partial charge in [-0.15, -0.1) is 0 Å². The Balaban J connectivity index is 1.72. The summed E-state index contributed by atoms with van der Waals surface area (Å²) in [5.74, 6) is -0.0166. The Bertz CT molecular complexity index is 1320. The summed E-state index contributed by atoms with van der Waals surface area (Å²) in [5, 5.41) is 12.2. The lowest BCUT2D eigenvalue weighted by Crippen LogP contribution is -2.05. The molecule has 8 nitrogen and oxygen atoms in total. The highest BCUT2D eigenvalue weighted by Gasteiger charge is 2.18. The summed E-state index contributed by atoms with van der Waals surface area (Å²) < 4.78 is 7.12. The monoisotopic (exact) mass is 462 g/mol. The van der Waals surface area contributed by atoms with E-state index >= 15 is 0 Å². The Labute approximate surface area is 194 Å². The summed E-state index contributed by atoms with van der Waals surface area (Å²) in [6.07, 6.45) is 1.73. The Morgan fingerprint density at radius 2 is 2.03 bits per heavy atom. The highest BCUT2D eigenvalue weighted by molar-refractivity contribution is 7.98. The number of nitro benzene ring substituents is 1. The fourth-order valence-corrected chi connectivity index (χ4v) is 4.51. The number of fused-ring (bicyclic) bond motifs is 1. The molecule has 0 saturated carbocycles. The van der Waals surface area contributed by atoms with Gasteiger partial charge in [0, 0.05) is 23.6 Å². The molecular weight excluding hydrogens is 440 g/mol. The quantitative estimate of drug-likeness (QED) is 0.154. The lowest BCUT2D eigenvalue weighted by Gasteiger charge is -2.09. The van der Waals surface area contributed by atoms with Gasteiger partial charge in [-0.2, -0.15) is 0 Å². The van der Waals surface area contributed by atoms with Gasteiger partial charge in [-0.25, -0.2) is 9.78 Å². The lowest BCUT2D eigenvalue weighted by molar-refractivity contribution is -0.385. The van der Waals surface area contributed by atoms with Gasteiger partial charge in [0.25, 0.3) is 5.69 Å². The van der Waals surface area contributed by atoms with Crippen molar-refractivity contribution in [1.29, 1.82) is 0 Å². The van der Waals surface area contributed by atoms with Gasteiger partial charge in [0.1, 0.15) is 0 Å². The first-order chi connectivity index (χ1) is 16.0. The third kappa shape index (κ3) is 5.04. The number of benzene rings is 2. The summed E-state index contributed by atoms with van der Waals surface area (Å²) in [4.78, 5) is 32.4. The highest BCUT2D eigenvalue weighted by atomic mass is 32.2. The fourth-order valence-electron chi connectivity index (χ4n) is 3.52. The summed E-state index contributed by atoms with van der Waals surface area (Å²) in [6.45, 7) is 4.44. The Morgan fingerprint density at radius 3 is 2.76 bits per heavy atom. The van der Waals surface area contributed by atoms with Crippen molar-refractivity contribution in [3.05, 3.63) is 93.3 Å². The van der Waals surface area contributed by atoms with Crippen LogP contribution in [0.25, 0.3) is 11.0 Å². The number of carbonyl (C=O) groups is 1. The van der Waals surface area contributed by atoms with Crippen molar-refractivity contribution in [2.24, 2.45) is 0 Å². The number of thioether (sulfide) groups is 1. The van der Waals surface area contributed by atoms with Gasteiger partial charge in [0.15, 0.2) is 5.16 Å². The minimum atomic E-state index is -0.400. The molecule has 0 fully saturated rings. The molecule has 4 rings (SSSR count). The minimum absolute atomic E-state index is 0.0880. The molecule has 2 aromatic carbocycles. The average Bonchev–Trinajstić information content (AvgIpc) is 3.14. The predicted octanol–water partition coefficient (Wildman–Crippen LogP) is 5.17. The van der Waals surface area contributed by atoms with Gasteiger partial charge in [-0.1, -0.05) is 29.5 Å². The molecule has 0 saturated heterocycles. The number of hydrogen-bond acceptors (Lipinski definition) is 7. The number of aromatic nitrogens is 3. The summed E-state index contributed by atoms with van der Waals surface area (Å²) in [7, 11) is 0. The van der Waals surface area contributed by atoms with E-state index in [9.17, 15) is 14.9 Å². The van der Waals surface area contributed by atoms with E-state index in [-0.39, 0.29) is 10.6 Å². The third-order valence-electron chi connectivity index (χ3n) is 5.06. The van der Waals surface area contributed by atoms with Crippen molar-refractivity contribution in [2.45, 2.75) is 31.3 Å². The summed E-state index contributed by atoms with van der Waals surface area (Å²) >= 11 is 1.41. The molecule has 0 aliphatic rings. The van der Waals surface area contributed by atoms with Gasteiger partial charge in [-0.05, 0) is 50.2 Å². The number of pyridine rings is 1. The lowest BCUT2D eigenvalue weighted by atomic mass is 10.1. The summed E-state index contributed by atoms with van der Waals surface area (Å²) in [5.41, 5.74) is 4.45. The molecule has 0 aliphatic carbocycles. The molecule has 2 aromatic heterocycles. The van der Waals surface area contributed by atoms with Crippen molar-refractivity contribution in [3.8, 4) is 0 Å². The molecule has 9 heteroatoms. The van der Waals surface area contributed by atoms with E-state index in [1.807, 2.05) is 41.8 Å². The molecular formula is C24H22N4O4S. The minimum Gasteiger partial charge on any atom is -0.462 e. The van der Waals surface area contributed by atoms with Crippen LogP contribution in [0.1, 0.15) is 34.1 Å². The average molecular weight is 463 g/mol. The van der Waals surface area contributed by atoms with E-state index in [4.69, 9.17) is 9.72 Å². The number of imidazole rings is 1. The third-order valence-corrected chi connectivity index (χ3v) is 6.08. The first kappa shape index (κ1) is 22.5. The number of esters is 1. The van der Waals surface area contributed by atoms with E-state index in [2.05, 4.69) is 4.98 Å². The van der Waals surface area contributed by atoms with Crippen LogP contribution < -0.4 is 0 Å². The molecule has 4 aromatic rings. The van der Waals surface area contributed by atoms with Crippen LogP contribution in [-0.2, 0) is 17.0 Å². The van der Waals surface area contributed by atoms with E-state index < -0.39 is 5.97 Å². The number of hydrogen-bond donors (Lipinski definition) is 0. The molecule has 0 atom stereocenters. The largest absolute Gasteiger partial charge is 0.462 e. The molecule has 0 unspecified atom stereocenters. The first-order valence-corrected chi connectivity index (χ1v) is 11.4. The second-order valence-electron chi connectivity index (χ2n) is 7.40. The van der Waals surface area contributed by atoms with Gasteiger partial charge >= 0.3 is 5.97 Å². The van der Waals surface area contributed by atoms with Gasteiger partial charge < -0.3 is 9.30 Å². The zero-order valence-electron chi connectivity index (χ0n) is 18.2. The normalized spacial score (nSPS) is 11.0. The first-order valence-electron chi connectivity index (χ1n) is 10.4. The second-order valence-corrected chi connectivity index (χ2v) is 8.35. The van der Waals surface area contributed by atoms with Crippen molar-refractivity contribution in [3.63, 3.8) is 0 Å². The molecule has 0 aliphatic heterocycles. The molecule has 0 radical (unpaired) electrons. The van der Waals surface area contributed by atoms with Crippen molar-refractivity contribution >= 4 is 34.5 Å². The molecule has 168 valence electrons.